The second kappa shape index (κ2) is 10.1. The summed E-state index contributed by atoms with van der Waals surface area (Å²) >= 11 is 0. The Bertz CT molecular complexity index is 864. The van der Waals surface area contributed by atoms with E-state index in [0.29, 0.717) is 13.0 Å². The van der Waals surface area contributed by atoms with Crippen molar-refractivity contribution in [1.29, 1.82) is 0 Å². The minimum Gasteiger partial charge on any atom is -0.363 e. The van der Waals surface area contributed by atoms with Gasteiger partial charge in [0.2, 0.25) is 5.91 Å². The summed E-state index contributed by atoms with van der Waals surface area (Å²) in [6.45, 7) is 5.94. The van der Waals surface area contributed by atoms with Crippen molar-refractivity contribution < 1.29 is 4.79 Å². The summed E-state index contributed by atoms with van der Waals surface area (Å²) in [5.74, 6) is 2.02. The lowest BCUT2D eigenvalue weighted by atomic mass is 10.1. The van der Waals surface area contributed by atoms with Crippen molar-refractivity contribution in [3.63, 3.8) is 0 Å². The molecule has 7 nitrogen and oxygen atoms in total. The number of anilines is 1. The number of para-hydroxylation sites is 1. The van der Waals surface area contributed by atoms with Crippen molar-refractivity contribution in [1.82, 2.24) is 20.5 Å². The summed E-state index contributed by atoms with van der Waals surface area (Å²) in [6.07, 6.45) is 2.61. The van der Waals surface area contributed by atoms with Crippen LogP contribution in [0.15, 0.2) is 35.3 Å². The molecule has 0 saturated carbocycles. The van der Waals surface area contributed by atoms with Crippen LogP contribution in [0.4, 0.5) is 5.82 Å². The van der Waals surface area contributed by atoms with Gasteiger partial charge in [0, 0.05) is 52.1 Å². The number of likely N-dealkylation sites (tertiary alicyclic amines) is 1. The number of carbonyl (C=O) groups excluding carboxylic acids is 1. The third-order valence-electron chi connectivity index (χ3n) is 5.07. The molecular weight excluding hydrogens is 364 g/mol. The predicted molar refractivity (Wildman–Crippen MR) is 119 cm³/mol. The predicted octanol–water partition coefficient (Wildman–Crippen LogP) is 2.37. The highest BCUT2D eigenvalue weighted by Gasteiger charge is 2.18. The molecule has 156 valence electrons. The quantitative estimate of drug-likeness (QED) is 0.407. The van der Waals surface area contributed by atoms with E-state index >= 15 is 0 Å². The maximum absolute atomic E-state index is 11.7. The second-order valence-electron chi connectivity index (χ2n) is 7.51. The minimum atomic E-state index is 0.284. The van der Waals surface area contributed by atoms with Gasteiger partial charge in [0.05, 0.1) is 12.1 Å². The van der Waals surface area contributed by atoms with Crippen LogP contribution in [0.2, 0.25) is 0 Å². The molecule has 2 heterocycles. The Labute approximate surface area is 173 Å². The van der Waals surface area contributed by atoms with Gasteiger partial charge in [-0.15, -0.1) is 0 Å². The van der Waals surface area contributed by atoms with Crippen molar-refractivity contribution in [2.45, 2.75) is 32.7 Å². The molecule has 0 spiro atoms. The van der Waals surface area contributed by atoms with Gasteiger partial charge in [-0.1, -0.05) is 18.2 Å². The van der Waals surface area contributed by atoms with Crippen molar-refractivity contribution in [2.24, 2.45) is 4.99 Å². The van der Waals surface area contributed by atoms with E-state index in [0.717, 1.165) is 67.3 Å². The number of nitrogens with zero attached hydrogens (tertiary/aromatic N) is 4. The molecule has 0 aliphatic carbocycles. The zero-order valence-electron chi connectivity index (χ0n) is 17.7. The van der Waals surface area contributed by atoms with Gasteiger partial charge in [-0.2, -0.15) is 0 Å². The van der Waals surface area contributed by atoms with Crippen LogP contribution in [0.25, 0.3) is 10.9 Å². The van der Waals surface area contributed by atoms with E-state index in [1.54, 1.807) is 0 Å². The number of hydrogen-bond acceptors (Lipinski definition) is 4. The van der Waals surface area contributed by atoms with E-state index < -0.39 is 0 Å². The average Bonchev–Trinajstić information content (AvgIpc) is 3.13. The van der Waals surface area contributed by atoms with Gasteiger partial charge in [0.1, 0.15) is 5.82 Å². The summed E-state index contributed by atoms with van der Waals surface area (Å²) in [6, 6.07) is 10.3. The van der Waals surface area contributed by atoms with E-state index in [2.05, 4.69) is 29.7 Å². The molecule has 2 N–H and O–H groups in total. The molecule has 7 heteroatoms. The van der Waals surface area contributed by atoms with Crippen molar-refractivity contribution in [3.8, 4) is 0 Å². The maximum Gasteiger partial charge on any atom is 0.222 e. The molecule has 1 aliphatic rings. The van der Waals surface area contributed by atoms with Crippen molar-refractivity contribution >= 4 is 28.6 Å². The Morgan fingerprint density at radius 2 is 2.10 bits per heavy atom. The zero-order chi connectivity index (χ0) is 20.6. The Morgan fingerprint density at radius 3 is 2.83 bits per heavy atom. The first-order valence-electron chi connectivity index (χ1n) is 10.4. The molecule has 1 aromatic carbocycles. The molecule has 29 heavy (non-hydrogen) atoms. The summed E-state index contributed by atoms with van der Waals surface area (Å²) in [5.41, 5.74) is 2.14. The SMILES string of the molecule is CCNC(=NCc1cc(N(C)C)nc2ccccc12)NCCCN1CCCC1=O. The second-order valence-corrected chi connectivity index (χ2v) is 7.51. The summed E-state index contributed by atoms with van der Waals surface area (Å²) in [4.78, 5) is 25.2. The molecule has 1 amide bonds. The summed E-state index contributed by atoms with van der Waals surface area (Å²) in [5, 5.41) is 7.83. The highest BCUT2D eigenvalue weighted by molar-refractivity contribution is 5.85. The monoisotopic (exact) mass is 396 g/mol. The summed E-state index contributed by atoms with van der Waals surface area (Å²) < 4.78 is 0. The van der Waals surface area contributed by atoms with Gasteiger partial charge in [0.15, 0.2) is 5.96 Å². The van der Waals surface area contributed by atoms with Crippen LogP contribution in [0.1, 0.15) is 31.7 Å². The van der Waals surface area contributed by atoms with Gasteiger partial charge in [0.25, 0.3) is 0 Å². The van der Waals surface area contributed by atoms with Crippen LogP contribution in [0.3, 0.4) is 0 Å². The molecule has 2 aromatic rings. The molecule has 0 unspecified atom stereocenters. The lowest BCUT2D eigenvalue weighted by Crippen LogP contribution is -2.39. The van der Waals surface area contributed by atoms with E-state index in [9.17, 15) is 4.79 Å². The number of fused-ring (bicyclic) bond motifs is 1. The van der Waals surface area contributed by atoms with Crippen LogP contribution in [-0.2, 0) is 11.3 Å². The molecule has 1 aromatic heterocycles. The average molecular weight is 397 g/mol. The molecule has 1 aliphatic heterocycles. The highest BCUT2D eigenvalue weighted by atomic mass is 16.2. The van der Waals surface area contributed by atoms with E-state index in [1.165, 1.54) is 0 Å². The third kappa shape index (κ3) is 5.59. The van der Waals surface area contributed by atoms with E-state index in [1.807, 2.05) is 42.1 Å². The van der Waals surface area contributed by atoms with E-state index in [4.69, 9.17) is 9.98 Å². The van der Waals surface area contributed by atoms with Crippen LogP contribution in [0.5, 0.6) is 0 Å². The zero-order valence-corrected chi connectivity index (χ0v) is 17.7. The number of carbonyl (C=O) groups is 1. The highest BCUT2D eigenvalue weighted by Crippen LogP contribution is 2.22. The summed E-state index contributed by atoms with van der Waals surface area (Å²) in [7, 11) is 4.00. The molecule has 3 rings (SSSR count). The fourth-order valence-electron chi connectivity index (χ4n) is 3.52. The number of nitrogens with one attached hydrogen (secondary N) is 2. The van der Waals surface area contributed by atoms with Gasteiger partial charge in [-0.05, 0) is 37.5 Å². The molecular formula is C22H32N6O. The molecule has 1 fully saturated rings. The molecule has 0 radical (unpaired) electrons. The number of aromatic nitrogens is 1. The van der Waals surface area contributed by atoms with Crippen LogP contribution >= 0.6 is 0 Å². The molecule has 1 saturated heterocycles. The van der Waals surface area contributed by atoms with Crippen molar-refractivity contribution in [3.05, 3.63) is 35.9 Å². The number of pyridine rings is 1. The minimum absolute atomic E-state index is 0.284. The third-order valence-corrected chi connectivity index (χ3v) is 5.07. The van der Waals surface area contributed by atoms with Crippen molar-refractivity contribution in [2.75, 3.05) is 45.2 Å². The van der Waals surface area contributed by atoms with Crippen LogP contribution in [-0.4, -0.2) is 62.0 Å². The number of benzene rings is 1. The number of guanidine groups is 1. The number of amides is 1. The lowest BCUT2D eigenvalue weighted by Gasteiger charge is -2.17. The largest absolute Gasteiger partial charge is 0.363 e. The Balaban J connectivity index is 1.65. The lowest BCUT2D eigenvalue weighted by molar-refractivity contribution is -0.127. The van der Waals surface area contributed by atoms with Gasteiger partial charge < -0.3 is 20.4 Å². The van der Waals surface area contributed by atoms with Crippen LogP contribution < -0.4 is 15.5 Å². The van der Waals surface area contributed by atoms with Gasteiger partial charge in [-0.3, -0.25) is 4.79 Å². The first-order chi connectivity index (χ1) is 14.1. The Kier molecular flexibility index (Phi) is 7.27. The fraction of sp³-hybridized carbons (Fsp3) is 0.500. The van der Waals surface area contributed by atoms with Gasteiger partial charge in [-0.25, -0.2) is 9.98 Å². The van der Waals surface area contributed by atoms with Crippen LogP contribution in [0, 0.1) is 0 Å². The number of hydrogen-bond donors (Lipinski definition) is 2. The molecule has 0 bridgehead atoms. The maximum atomic E-state index is 11.7. The topological polar surface area (TPSA) is 72.9 Å². The van der Waals surface area contributed by atoms with Gasteiger partial charge >= 0.3 is 0 Å². The number of rotatable bonds is 8. The smallest absolute Gasteiger partial charge is 0.222 e. The first kappa shape index (κ1) is 20.9. The standard InChI is InChI=1S/C22H32N6O/c1-4-23-22(24-12-8-14-28-13-7-11-21(28)29)25-16-17-15-20(27(2)3)26-19-10-6-5-9-18(17)19/h5-6,9-10,15H,4,7-8,11-14,16H2,1-3H3,(H2,23,24,25). The Hall–Kier alpha value is -2.83. The number of aliphatic imine (C=N–C) groups is 1. The Morgan fingerprint density at radius 1 is 1.28 bits per heavy atom. The van der Waals surface area contributed by atoms with E-state index in [-0.39, 0.29) is 5.91 Å². The normalized spacial score (nSPS) is 14.5. The molecule has 0 atom stereocenters. The first-order valence-corrected chi connectivity index (χ1v) is 10.4. The fourth-order valence-corrected chi connectivity index (χ4v) is 3.52.